The number of nitrogens with zero attached hydrogens (tertiary/aromatic N) is 4. The number of sulfonamides is 1. The highest BCUT2D eigenvalue weighted by molar-refractivity contribution is 7.89. The Bertz CT molecular complexity index is 1340. The van der Waals surface area contributed by atoms with Crippen LogP contribution in [-0.4, -0.2) is 67.8 Å². The SMILES string of the molecule is Cc1ccc(S(=O)(=O)N2CCCC(C(=O)N3CCN(c4nc5c(C(C)C)cccc5s4)CC3)C2)cc1. The Morgan fingerprint density at radius 3 is 2.44 bits per heavy atom. The van der Waals surface area contributed by atoms with Crippen molar-refractivity contribution >= 4 is 42.6 Å². The van der Waals surface area contributed by atoms with Crippen molar-refractivity contribution in [2.75, 3.05) is 44.2 Å². The average Bonchev–Trinajstić information content (AvgIpc) is 3.33. The van der Waals surface area contributed by atoms with Crippen LogP contribution in [0.2, 0.25) is 0 Å². The first kappa shape index (κ1) is 25.2. The van der Waals surface area contributed by atoms with Crippen LogP contribution in [-0.2, 0) is 14.8 Å². The van der Waals surface area contributed by atoms with E-state index in [4.69, 9.17) is 4.98 Å². The van der Waals surface area contributed by atoms with Crippen LogP contribution in [0.15, 0.2) is 47.4 Å². The standard InChI is InChI=1S/C27H34N4O3S2/c1-19(2)23-7-4-8-24-25(23)28-27(35-24)30-16-14-29(15-17-30)26(32)21-6-5-13-31(18-21)36(33,34)22-11-9-20(3)10-12-22/h4,7-12,19,21H,5-6,13-18H2,1-3H3. The van der Waals surface area contributed by atoms with E-state index in [1.54, 1.807) is 23.5 Å². The second-order valence-electron chi connectivity index (χ2n) is 10.2. The van der Waals surface area contributed by atoms with E-state index in [1.165, 1.54) is 14.6 Å². The Morgan fingerprint density at radius 1 is 1.03 bits per heavy atom. The van der Waals surface area contributed by atoms with Crippen molar-refractivity contribution in [3.05, 3.63) is 53.6 Å². The lowest BCUT2D eigenvalue weighted by atomic mass is 9.98. The predicted molar refractivity (Wildman–Crippen MR) is 145 cm³/mol. The number of carbonyl (C=O) groups excluding carboxylic acids is 1. The highest BCUT2D eigenvalue weighted by Gasteiger charge is 2.36. The minimum Gasteiger partial charge on any atom is -0.345 e. The fourth-order valence-corrected chi connectivity index (χ4v) is 7.73. The zero-order valence-electron chi connectivity index (χ0n) is 21.2. The monoisotopic (exact) mass is 526 g/mol. The van der Waals surface area contributed by atoms with Gasteiger partial charge in [0.1, 0.15) is 0 Å². The molecule has 0 aliphatic carbocycles. The van der Waals surface area contributed by atoms with Gasteiger partial charge in [0.15, 0.2) is 5.13 Å². The molecule has 2 aromatic carbocycles. The summed E-state index contributed by atoms with van der Waals surface area (Å²) in [5, 5.41) is 1.01. The van der Waals surface area contributed by atoms with E-state index in [9.17, 15) is 13.2 Å². The Morgan fingerprint density at radius 2 is 1.75 bits per heavy atom. The first-order chi connectivity index (χ1) is 17.2. The van der Waals surface area contributed by atoms with Gasteiger partial charge >= 0.3 is 0 Å². The minimum absolute atomic E-state index is 0.0739. The van der Waals surface area contributed by atoms with Crippen molar-refractivity contribution in [1.82, 2.24) is 14.2 Å². The van der Waals surface area contributed by atoms with E-state index in [0.29, 0.717) is 36.9 Å². The van der Waals surface area contributed by atoms with Crippen LogP contribution in [0.4, 0.5) is 5.13 Å². The Hall–Kier alpha value is -2.49. The maximum absolute atomic E-state index is 13.4. The molecule has 192 valence electrons. The second kappa shape index (κ2) is 10.1. The molecule has 0 bridgehead atoms. The number of fused-ring (bicyclic) bond motifs is 1. The highest BCUT2D eigenvalue weighted by Crippen LogP contribution is 2.34. The molecule has 2 saturated heterocycles. The number of hydrogen-bond donors (Lipinski definition) is 0. The molecule has 1 atom stereocenters. The number of thiazole rings is 1. The number of carbonyl (C=O) groups is 1. The third-order valence-electron chi connectivity index (χ3n) is 7.31. The summed E-state index contributed by atoms with van der Waals surface area (Å²) in [7, 11) is -3.60. The molecule has 2 aliphatic heterocycles. The topological polar surface area (TPSA) is 73.8 Å². The molecule has 0 radical (unpaired) electrons. The van der Waals surface area contributed by atoms with Crippen molar-refractivity contribution in [3.8, 4) is 0 Å². The summed E-state index contributed by atoms with van der Waals surface area (Å²) in [5.41, 5.74) is 3.38. The number of benzene rings is 2. The number of para-hydroxylation sites is 1. The first-order valence-electron chi connectivity index (χ1n) is 12.7. The zero-order chi connectivity index (χ0) is 25.4. The molecule has 36 heavy (non-hydrogen) atoms. The number of piperidine rings is 1. The van der Waals surface area contributed by atoms with E-state index < -0.39 is 10.0 Å². The smallest absolute Gasteiger partial charge is 0.243 e. The lowest BCUT2D eigenvalue weighted by molar-refractivity contribution is -0.137. The van der Waals surface area contributed by atoms with Crippen molar-refractivity contribution < 1.29 is 13.2 Å². The van der Waals surface area contributed by atoms with Crippen molar-refractivity contribution in [2.45, 2.75) is 44.4 Å². The van der Waals surface area contributed by atoms with Gasteiger partial charge in [-0.05, 0) is 49.4 Å². The third kappa shape index (κ3) is 4.88. The van der Waals surface area contributed by atoms with Crippen LogP contribution in [0.3, 0.4) is 0 Å². The number of aromatic nitrogens is 1. The van der Waals surface area contributed by atoms with Crippen LogP contribution in [0, 0.1) is 12.8 Å². The summed E-state index contributed by atoms with van der Waals surface area (Å²) in [4.78, 5) is 22.8. The van der Waals surface area contributed by atoms with Crippen molar-refractivity contribution in [1.29, 1.82) is 0 Å². The lowest BCUT2D eigenvalue weighted by Gasteiger charge is -2.38. The molecule has 0 saturated carbocycles. The van der Waals surface area contributed by atoms with Gasteiger partial charge in [-0.1, -0.05) is 55.0 Å². The molecular formula is C27H34N4O3S2. The molecule has 5 rings (SSSR count). The Balaban J connectivity index is 1.23. The molecule has 1 amide bonds. The Labute approximate surface area is 217 Å². The molecule has 9 heteroatoms. The van der Waals surface area contributed by atoms with Crippen LogP contribution < -0.4 is 4.90 Å². The quantitative estimate of drug-likeness (QED) is 0.490. The largest absolute Gasteiger partial charge is 0.345 e. The Kier molecular flexibility index (Phi) is 7.07. The summed E-state index contributed by atoms with van der Waals surface area (Å²) in [6, 6.07) is 13.3. The molecule has 3 heterocycles. The van der Waals surface area contributed by atoms with E-state index in [1.807, 2.05) is 24.0 Å². The number of aryl methyl sites for hydroxylation is 1. The predicted octanol–water partition coefficient (Wildman–Crippen LogP) is 4.48. The van der Waals surface area contributed by atoms with Gasteiger partial charge in [0.2, 0.25) is 15.9 Å². The molecule has 2 fully saturated rings. The van der Waals surface area contributed by atoms with Gasteiger partial charge < -0.3 is 9.80 Å². The average molecular weight is 527 g/mol. The maximum Gasteiger partial charge on any atom is 0.243 e. The van der Waals surface area contributed by atoms with E-state index >= 15 is 0 Å². The molecule has 2 aliphatic rings. The molecule has 0 spiro atoms. The molecule has 0 N–H and O–H groups in total. The van der Waals surface area contributed by atoms with Gasteiger partial charge in [-0.25, -0.2) is 13.4 Å². The normalized spacial score (nSPS) is 19.8. The second-order valence-corrected chi connectivity index (χ2v) is 13.1. The number of amides is 1. The lowest BCUT2D eigenvalue weighted by Crippen LogP contribution is -2.53. The van der Waals surface area contributed by atoms with Gasteiger partial charge in [-0.15, -0.1) is 0 Å². The molecule has 1 aromatic heterocycles. The van der Waals surface area contributed by atoms with Gasteiger partial charge in [-0.3, -0.25) is 4.79 Å². The fourth-order valence-electron chi connectivity index (χ4n) is 5.16. The summed E-state index contributed by atoms with van der Waals surface area (Å²) in [5.74, 6) is 0.203. The van der Waals surface area contributed by atoms with Crippen LogP contribution in [0.25, 0.3) is 10.2 Å². The van der Waals surface area contributed by atoms with Crippen LogP contribution in [0.1, 0.15) is 43.7 Å². The zero-order valence-corrected chi connectivity index (χ0v) is 22.8. The third-order valence-corrected chi connectivity index (χ3v) is 10.3. The van der Waals surface area contributed by atoms with Gasteiger partial charge in [-0.2, -0.15) is 4.31 Å². The van der Waals surface area contributed by atoms with Gasteiger partial charge in [0.25, 0.3) is 0 Å². The summed E-state index contributed by atoms with van der Waals surface area (Å²) >= 11 is 1.71. The number of hydrogen-bond acceptors (Lipinski definition) is 6. The van der Waals surface area contributed by atoms with Crippen LogP contribution >= 0.6 is 11.3 Å². The molecule has 7 nitrogen and oxygen atoms in total. The van der Waals surface area contributed by atoms with Gasteiger partial charge in [0, 0.05) is 39.3 Å². The number of rotatable bonds is 5. The highest BCUT2D eigenvalue weighted by atomic mass is 32.2. The number of piperazine rings is 1. The molecule has 1 unspecified atom stereocenters. The van der Waals surface area contributed by atoms with E-state index in [2.05, 4.69) is 36.9 Å². The van der Waals surface area contributed by atoms with Crippen molar-refractivity contribution in [3.63, 3.8) is 0 Å². The maximum atomic E-state index is 13.4. The summed E-state index contributed by atoms with van der Waals surface area (Å²) < 4.78 is 29.0. The molecular weight excluding hydrogens is 492 g/mol. The summed E-state index contributed by atoms with van der Waals surface area (Å²) in [6.07, 6.45) is 1.43. The van der Waals surface area contributed by atoms with Crippen LogP contribution in [0.5, 0.6) is 0 Å². The summed E-state index contributed by atoms with van der Waals surface area (Å²) in [6.45, 7) is 9.77. The van der Waals surface area contributed by atoms with E-state index in [0.717, 1.165) is 35.7 Å². The number of anilines is 1. The fraction of sp³-hybridized carbons (Fsp3) is 0.481. The molecule has 3 aromatic rings. The van der Waals surface area contributed by atoms with E-state index in [-0.39, 0.29) is 18.4 Å². The van der Waals surface area contributed by atoms with Gasteiger partial charge in [0.05, 0.1) is 21.0 Å². The first-order valence-corrected chi connectivity index (χ1v) is 15.0. The van der Waals surface area contributed by atoms with Crippen molar-refractivity contribution in [2.24, 2.45) is 5.92 Å². The minimum atomic E-state index is -3.60.